The van der Waals surface area contributed by atoms with Gasteiger partial charge in [0.25, 0.3) is 0 Å². The predicted octanol–water partition coefficient (Wildman–Crippen LogP) is 3.08. The van der Waals surface area contributed by atoms with Gasteiger partial charge in [0.05, 0.1) is 6.33 Å². The van der Waals surface area contributed by atoms with E-state index in [1.54, 1.807) is 35.4 Å². The maximum absolute atomic E-state index is 13.4. The zero-order chi connectivity index (χ0) is 20.4. The van der Waals surface area contributed by atoms with Crippen molar-refractivity contribution in [3.05, 3.63) is 71.7 Å². The molecule has 11 heteroatoms. The van der Waals surface area contributed by atoms with Crippen LogP contribution >= 0.6 is 11.6 Å². The molecule has 0 aliphatic rings. The molecule has 0 radical (unpaired) electrons. The smallest absolute Gasteiger partial charge is 0.234 e. The first-order valence-corrected chi connectivity index (χ1v) is 9.01. The fourth-order valence-electron chi connectivity index (χ4n) is 2.80. The molecular formula is C18H17ClFN9. The molecule has 9 nitrogen and oxygen atoms in total. The van der Waals surface area contributed by atoms with Crippen LogP contribution in [0.1, 0.15) is 17.4 Å². The maximum Gasteiger partial charge on any atom is 0.234 e. The van der Waals surface area contributed by atoms with Crippen LogP contribution in [0.15, 0.2) is 49.2 Å². The number of aryl methyl sites for hydroxylation is 2. The molecule has 1 atom stereocenters. The molecule has 0 spiro atoms. The molecule has 0 aliphatic carbocycles. The fourth-order valence-corrected chi connectivity index (χ4v) is 2.96. The van der Waals surface area contributed by atoms with Gasteiger partial charge in [-0.05, 0) is 29.3 Å². The van der Waals surface area contributed by atoms with Crippen molar-refractivity contribution in [1.29, 1.82) is 0 Å². The summed E-state index contributed by atoms with van der Waals surface area (Å²) in [6, 6.07) is 5.70. The highest BCUT2D eigenvalue weighted by molar-refractivity contribution is 6.28. The number of nitrogens with zero attached hydrogens (tertiary/aromatic N) is 7. The maximum atomic E-state index is 13.4. The largest absolute Gasteiger partial charge is 0.340 e. The van der Waals surface area contributed by atoms with Crippen molar-refractivity contribution in [2.75, 3.05) is 10.6 Å². The normalized spacial score (nSPS) is 12.0. The van der Waals surface area contributed by atoms with E-state index in [1.807, 2.05) is 24.9 Å². The molecule has 1 aromatic carbocycles. The van der Waals surface area contributed by atoms with Crippen molar-refractivity contribution in [2.24, 2.45) is 14.1 Å². The molecule has 4 rings (SSSR count). The molecule has 3 aromatic heterocycles. The number of nitrogens with one attached hydrogen (secondary N) is 2. The van der Waals surface area contributed by atoms with E-state index in [0.29, 0.717) is 11.6 Å². The fraction of sp³-hybridized carbons (Fsp3) is 0.167. The standard InChI is InChI=1S/C18H17ClFN9/c1-28-9-13(22-10-28)23-17-25-16(19)26-18(27-17)24-14(15-21-7-8-29(15)2)11-3-5-12(20)6-4-11/h3-10,14H,1-2H3,(H2,23,24,25,26,27). The third-order valence-corrected chi connectivity index (χ3v) is 4.32. The minimum absolute atomic E-state index is 0.0126. The van der Waals surface area contributed by atoms with Gasteiger partial charge in [0, 0.05) is 32.7 Å². The summed E-state index contributed by atoms with van der Waals surface area (Å²) in [5.74, 6) is 1.43. The van der Waals surface area contributed by atoms with E-state index in [0.717, 1.165) is 5.56 Å². The van der Waals surface area contributed by atoms with Crippen LogP contribution in [0.3, 0.4) is 0 Å². The lowest BCUT2D eigenvalue weighted by Gasteiger charge is -2.19. The minimum atomic E-state index is -0.434. The summed E-state index contributed by atoms with van der Waals surface area (Å²) in [5.41, 5.74) is 0.788. The molecular weight excluding hydrogens is 397 g/mol. The van der Waals surface area contributed by atoms with Crippen LogP contribution in [0.25, 0.3) is 0 Å². The van der Waals surface area contributed by atoms with E-state index in [4.69, 9.17) is 11.6 Å². The Morgan fingerprint density at radius 2 is 1.79 bits per heavy atom. The van der Waals surface area contributed by atoms with Crippen molar-refractivity contribution in [3.63, 3.8) is 0 Å². The molecule has 2 N–H and O–H groups in total. The Labute approximate surface area is 170 Å². The SMILES string of the molecule is Cn1cnc(Nc2nc(Cl)nc(NC(c3ccc(F)cc3)c3nccn3C)n2)c1. The first-order valence-electron chi connectivity index (χ1n) is 8.64. The molecule has 0 bridgehead atoms. The molecule has 29 heavy (non-hydrogen) atoms. The van der Waals surface area contributed by atoms with E-state index >= 15 is 0 Å². The third kappa shape index (κ3) is 4.32. The number of hydrogen-bond acceptors (Lipinski definition) is 7. The summed E-state index contributed by atoms with van der Waals surface area (Å²) in [5, 5.41) is 6.21. The second-order valence-corrected chi connectivity index (χ2v) is 6.66. The first kappa shape index (κ1) is 18.8. The lowest BCUT2D eigenvalue weighted by atomic mass is 10.1. The Morgan fingerprint density at radius 1 is 1.03 bits per heavy atom. The number of anilines is 3. The number of aromatic nitrogens is 7. The average molecular weight is 414 g/mol. The Morgan fingerprint density at radius 3 is 2.45 bits per heavy atom. The molecule has 0 saturated heterocycles. The predicted molar refractivity (Wildman–Crippen MR) is 106 cm³/mol. The highest BCUT2D eigenvalue weighted by Crippen LogP contribution is 2.25. The molecule has 0 aliphatic heterocycles. The van der Waals surface area contributed by atoms with Crippen LogP contribution in [0, 0.1) is 5.82 Å². The lowest BCUT2D eigenvalue weighted by Crippen LogP contribution is -2.19. The van der Waals surface area contributed by atoms with Crippen LogP contribution < -0.4 is 10.6 Å². The highest BCUT2D eigenvalue weighted by atomic mass is 35.5. The van der Waals surface area contributed by atoms with Crippen molar-refractivity contribution in [1.82, 2.24) is 34.1 Å². The molecule has 1 unspecified atom stereocenters. The Hall–Kier alpha value is -3.53. The summed E-state index contributed by atoms with van der Waals surface area (Å²) in [7, 11) is 3.72. The van der Waals surface area contributed by atoms with E-state index in [1.165, 1.54) is 12.1 Å². The molecule has 3 heterocycles. The van der Waals surface area contributed by atoms with Crippen molar-refractivity contribution < 1.29 is 4.39 Å². The number of hydrogen-bond donors (Lipinski definition) is 2. The van der Waals surface area contributed by atoms with E-state index in [2.05, 4.69) is 35.6 Å². The van der Waals surface area contributed by atoms with Gasteiger partial charge < -0.3 is 19.8 Å². The summed E-state index contributed by atoms with van der Waals surface area (Å²) in [6.07, 6.45) is 6.93. The van der Waals surface area contributed by atoms with E-state index in [-0.39, 0.29) is 23.0 Å². The van der Waals surface area contributed by atoms with Gasteiger partial charge in [0.15, 0.2) is 5.82 Å². The molecule has 4 aromatic rings. The van der Waals surface area contributed by atoms with Crippen molar-refractivity contribution >= 4 is 29.3 Å². The molecule has 0 amide bonds. The van der Waals surface area contributed by atoms with Gasteiger partial charge in [0.1, 0.15) is 17.7 Å². The first-order chi connectivity index (χ1) is 14.0. The third-order valence-electron chi connectivity index (χ3n) is 4.15. The van der Waals surface area contributed by atoms with Gasteiger partial charge in [-0.25, -0.2) is 14.4 Å². The molecule has 148 valence electrons. The van der Waals surface area contributed by atoms with Crippen LogP contribution in [0.4, 0.5) is 22.1 Å². The summed E-state index contributed by atoms with van der Waals surface area (Å²) in [4.78, 5) is 21.2. The van der Waals surface area contributed by atoms with Crippen LogP contribution in [0.2, 0.25) is 5.28 Å². The summed E-state index contributed by atoms with van der Waals surface area (Å²) < 4.78 is 17.1. The average Bonchev–Trinajstić information content (AvgIpc) is 3.28. The van der Waals surface area contributed by atoms with Crippen LogP contribution in [-0.2, 0) is 14.1 Å². The molecule has 0 saturated carbocycles. The number of benzene rings is 1. The second-order valence-electron chi connectivity index (χ2n) is 6.33. The van der Waals surface area contributed by atoms with Gasteiger partial charge >= 0.3 is 0 Å². The summed E-state index contributed by atoms with van der Waals surface area (Å²) >= 11 is 6.09. The van der Waals surface area contributed by atoms with Crippen molar-refractivity contribution in [3.8, 4) is 0 Å². The van der Waals surface area contributed by atoms with Gasteiger partial charge in [-0.2, -0.15) is 15.0 Å². The monoisotopic (exact) mass is 413 g/mol. The lowest BCUT2D eigenvalue weighted by molar-refractivity contribution is 0.626. The molecule has 0 fully saturated rings. The van der Waals surface area contributed by atoms with E-state index < -0.39 is 6.04 Å². The van der Waals surface area contributed by atoms with Gasteiger partial charge in [-0.15, -0.1) is 0 Å². The van der Waals surface area contributed by atoms with E-state index in [9.17, 15) is 4.39 Å². The number of rotatable bonds is 6. The number of halogens is 2. The Kier molecular flexibility index (Phi) is 5.09. The van der Waals surface area contributed by atoms with Crippen LogP contribution in [-0.4, -0.2) is 34.1 Å². The topological polar surface area (TPSA) is 98.4 Å². The minimum Gasteiger partial charge on any atom is -0.340 e. The van der Waals surface area contributed by atoms with Crippen LogP contribution in [0.5, 0.6) is 0 Å². The van der Waals surface area contributed by atoms with Gasteiger partial charge in [-0.3, -0.25) is 0 Å². The number of imidazole rings is 2. The highest BCUT2D eigenvalue weighted by Gasteiger charge is 2.20. The Balaban J connectivity index is 1.66. The van der Waals surface area contributed by atoms with Crippen molar-refractivity contribution in [2.45, 2.75) is 6.04 Å². The summed E-state index contributed by atoms with van der Waals surface area (Å²) in [6.45, 7) is 0. The zero-order valence-corrected chi connectivity index (χ0v) is 16.3. The van der Waals surface area contributed by atoms with Gasteiger partial charge in [-0.1, -0.05) is 12.1 Å². The zero-order valence-electron chi connectivity index (χ0n) is 15.6. The second kappa shape index (κ2) is 7.84. The quantitative estimate of drug-likeness (QED) is 0.501. The van der Waals surface area contributed by atoms with Gasteiger partial charge in [0.2, 0.25) is 17.2 Å². The Bertz CT molecular complexity index is 1120.